The van der Waals surface area contributed by atoms with Gasteiger partial charge in [-0.25, -0.2) is 8.78 Å². The molecular weight excluding hydrogens is 250 g/mol. The monoisotopic (exact) mass is 265 g/mol. The minimum atomic E-state index is -2.98. The van der Waals surface area contributed by atoms with Gasteiger partial charge in [-0.05, 0) is 0 Å². The Balaban J connectivity index is 2.22. The molecule has 0 fully saturated rings. The fourth-order valence-electron chi connectivity index (χ4n) is 1.35. The predicted molar refractivity (Wildman–Crippen MR) is 60.0 cm³/mol. The number of nitrogens with one attached hydrogen (secondary N) is 1. The van der Waals surface area contributed by atoms with Gasteiger partial charge in [0.1, 0.15) is 6.61 Å². The molecule has 18 heavy (non-hydrogen) atoms. The lowest BCUT2D eigenvalue weighted by Gasteiger charge is -2.17. The summed E-state index contributed by atoms with van der Waals surface area (Å²) < 4.78 is 55.1. The van der Waals surface area contributed by atoms with Crippen LogP contribution >= 0.6 is 0 Å². The van der Waals surface area contributed by atoms with Crippen molar-refractivity contribution in [2.24, 2.45) is 0 Å². The number of benzene rings is 1. The third-order valence-electron chi connectivity index (χ3n) is 2.21. The fourth-order valence-corrected chi connectivity index (χ4v) is 1.35. The Morgan fingerprint density at radius 1 is 1.17 bits per heavy atom. The summed E-state index contributed by atoms with van der Waals surface area (Å²) in [6.45, 7) is -1.13. The second-order valence-corrected chi connectivity index (χ2v) is 3.71. The largest absolute Gasteiger partial charge is 0.374 e. The molecule has 2 nitrogen and oxygen atoms in total. The highest BCUT2D eigenvalue weighted by atomic mass is 19.3. The average Bonchev–Trinajstić information content (AvgIpc) is 2.34. The molecule has 1 rings (SSSR count). The third-order valence-corrected chi connectivity index (χ3v) is 2.21. The van der Waals surface area contributed by atoms with Crippen LogP contribution in [0.5, 0.6) is 0 Å². The van der Waals surface area contributed by atoms with Crippen LogP contribution in [0.2, 0.25) is 0 Å². The van der Waals surface area contributed by atoms with Crippen LogP contribution in [0.25, 0.3) is 0 Å². The summed E-state index contributed by atoms with van der Waals surface area (Å²) in [6, 6.07) is 7.42. The Kier molecular flexibility index (Phi) is 6.07. The Morgan fingerprint density at radius 2 is 1.83 bits per heavy atom. The lowest BCUT2D eigenvalue weighted by Crippen LogP contribution is -2.33. The molecule has 0 saturated carbocycles. The van der Waals surface area contributed by atoms with Crippen molar-refractivity contribution in [2.45, 2.75) is 12.3 Å². The lowest BCUT2D eigenvalue weighted by molar-refractivity contribution is -0.00901. The molecule has 0 atom stereocenters. The first-order chi connectivity index (χ1) is 8.52. The van der Waals surface area contributed by atoms with E-state index < -0.39 is 25.5 Å². The molecule has 1 aromatic rings. The fraction of sp³-hybridized carbons (Fsp3) is 0.500. The summed E-state index contributed by atoms with van der Waals surface area (Å²) in [5.41, 5.74) is -0.0778. The number of hydrogen-bond acceptors (Lipinski definition) is 2. The van der Waals surface area contributed by atoms with Crippen LogP contribution in [-0.4, -0.2) is 32.7 Å². The Bertz CT molecular complexity index is 332. The van der Waals surface area contributed by atoms with E-state index in [1.165, 1.54) is 24.3 Å². The van der Waals surface area contributed by atoms with Crippen LogP contribution < -0.4 is 5.32 Å². The molecule has 0 spiro atoms. The number of alkyl halides is 4. The van der Waals surface area contributed by atoms with Gasteiger partial charge in [0.25, 0.3) is 12.3 Å². The molecule has 0 heterocycles. The van der Waals surface area contributed by atoms with E-state index in [4.69, 9.17) is 0 Å². The smallest absolute Gasteiger partial charge is 0.285 e. The standard InChI is InChI=1S/C12H15F4NO/c13-11(14)8-18-7-6-17-9-12(15,16)10-4-2-1-3-5-10/h1-5,11,17H,6-9H2. The lowest BCUT2D eigenvalue weighted by atomic mass is 10.1. The summed E-state index contributed by atoms with van der Waals surface area (Å²) in [7, 11) is 0. The highest BCUT2D eigenvalue weighted by molar-refractivity contribution is 5.20. The predicted octanol–water partition coefficient (Wildman–Crippen LogP) is 2.65. The third kappa shape index (κ3) is 5.46. The Hall–Kier alpha value is -1.14. The van der Waals surface area contributed by atoms with Crippen molar-refractivity contribution < 1.29 is 22.3 Å². The van der Waals surface area contributed by atoms with Gasteiger partial charge < -0.3 is 10.1 Å². The van der Waals surface area contributed by atoms with Crippen LogP contribution in [0, 0.1) is 0 Å². The second-order valence-electron chi connectivity index (χ2n) is 3.71. The van der Waals surface area contributed by atoms with E-state index in [2.05, 4.69) is 10.1 Å². The van der Waals surface area contributed by atoms with E-state index in [-0.39, 0.29) is 18.7 Å². The maximum absolute atomic E-state index is 13.6. The Morgan fingerprint density at radius 3 is 2.44 bits per heavy atom. The molecule has 0 saturated heterocycles. The maximum atomic E-state index is 13.6. The molecule has 0 aromatic heterocycles. The highest BCUT2D eigenvalue weighted by Gasteiger charge is 2.30. The molecule has 0 bridgehead atoms. The number of ether oxygens (including phenoxy) is 1. The summed E-state index contributed by atoms with van der Waals surface area (Å²) in [5, 5.41) is 2.48. The normalized spacial score (nSPS) is 12.1. The van der Waals surface area contributed by atoms with E-state index in [0.717, 1.165) is 0 Å². The van der Waals surface area contributed by atoms with E-state index in [9.17, 15) is 17.6 Å². The molecule has 1 aromatic carbocycles. The summed E-state index contributed by atoms with van der Waals surface area (Å²) in [6.07, 6.45) is -2.53. The zero-order chi connectivity index (χ0) is 13.4. The molecule has 6 heteroatoms. The van der Waals surface area contributed by atoms with Crippen LogP contribution in [-0.2, 0) is 10.7 Å². The first-order valence-electron chi connectivity index (χ1n) is 5.52. The summed E-state index contributed by atoms with van der Waals surface area (Å²) >= 11 is 0. The maximum Gasteiger partial charge on any atom is 0.285 e. The van der Waals surface area contributed by atoms with Gasteiger partial charge in [-0.15, -0.1) is 0 Å². The SMILES string of the molecule is FC(F)COCCNCC(F)(F)c1ccccc1. The van der Waals surface area contributed by atoms with Gasteiger partial charge in [0, 0.05) is 12.1 Å². The van der Waals surface area contributed by atoms with E-state index in [1.54, 1.807) is 6.07 Å². The number of halogens is 4. The molecule has 1 N–H and O–H groups in total. The minimum Gasteiger partial charge on any atom is -0.374 e. The number of rotatable bonds is 8. The first-order valence-corrected chi connectivity index (χ1v) is 5.52. The van der Waals surface area contributed by atoms with Crippen molar-refractivity contribution in [3.8, 4) is 0 Å². The van der Waals surface area contributed by atoms with Gasteiger partial charge in [-0.3, -0.25) is 0 Å². The first kappa shape index (κ1) is 14.9. The summed E-state index contributed by atoms with van der Waals surface area (Å²) in [4.78, 5) is 0. The zero-order valence-electron chi connectivity index (χ0n) is 9.71. The molecular formula is C12H15F4NO. The van der Waals surface area contributed by atoms with Gasteiger partial charge in [0.15, 0.2) is 0 Å². The van der Waals surface area contributed by atoms with Crippen molar-refractivity contribution in [3.63, 3.8) is 0 Å². The van der Waals surface area contributed by atoms with Gasteiger partial charge >= 0.3 is 0 Å². The van der Waals surface area contributed by atoms with Crippen LogP contribution in [0.1, 0.15) is 5.56 Å². The topological polar surface area (TPSA) is 21.3 Å². The van der Waals surface area contributed by atoms with Crippen molar-refractivity contribution in [1.82, 2.24) is 5.32 Å². The van der Waals surface area contributed by atoms with Crippen LogP contribution in [0.3, 0.4) is 0 Å². The average molecular weight is 265 g/mol. The van der Waals surface area contributed by atoms with Crippen molar-refractivity contribution in [1.29, 1.82) is 0 Å². The molecule has 0 radical (unpaired) electrons. The molecule has 0 amide bonds. The van der Waals surface area contributed by atoms with Gasteiger partial charge in [0.2, 0.25) is 0 Å². The number of hydrogen-bond donors (Lipinski definition) is 1. The van der Waals surface area contributed by atoms with Crippen LogP contribution in [0.4, 0.5) is 17.6 Å². The van der Waals surface area contributed by atoms with Crippen molar-refractivity contribution >= 4 is 0 Å². The zero-order valence-corrected chi connectivity index (χ0v) is 9.71. The van der Waals surface area contributed by atoms with E-state index in [0.29, 0.717) is 0 Å². The van der Waals surface area contributed by atoms with E-state index in [1.807, 2.05) is 0 Å². The molecule has 0 aliphatic rings. The second kappa shape index (κ2) is 7.33. The molecule has 0 aliphatic carbocycles. The van der Waals surface area contributed by atoms with Gasteiger partial charge in [-0.2, -0.15) is 8.78 Å². The summed E-state index contributed by atoms with van der Waals surface area (Å²) in [5.74, 6) is -2.98. The van der Waals surface area contributed by atoms with Gasteiger partial charge in [-0.1, -0.05) is 30.3 Å². The van der Waals surface area contributed by atoms with Crippen LogP contribution in [0.15, 0.2) is 30.3 Å². The Labute approximate surface area is 103 Å². The van der Waals surface area contributed by atoms with Crippen molar-refractivity contribution in [2.75, 3.05) is 26.3 Å². The molecule has 0 aliphatic heterocycles. The highest BCUT2D eigenvalue weighted by Crippen LogP contribution is 2.26. The quantitative estimate of drug-likeness (QED) is 0.576. The van der Waals surface area contributed by atoms with Gasteiger partial charge in [0.05, 0.1) is 13.2 Å². The molecule has 0 unspecified atom stereocenters. The minimum absolute atomic E-state index is 0.0186. The van der Waals surface area contributed by atoms with E-state index >= 15 is 0 Å². The van der Waals surface area contributed by atoms with Crippen molar-refractivity contribution in [3.05, 3.63) is 35.9 Å². The molecule has 102 valence electrons.